The topological polar surface area (TPSA) is 80.8 Å². The Labute approximate surface area is 186 Å². The van der Waals surface area contributed by atoms with Crippen LogP contribution in [-0.2, 0) is 25.6 Å². The first kappa shape index (κ1) is 21.9. The zero-order chi connectivity index (χ0) is 21.8. The van der Waals surface area contributed by atoms with E-state index in [4.69, 9.17) is 9.47 Å². The summed E-state index contributed by atoms with van der Waals surface area (Å²) in [7, 11) is 0. The van der Waals surface area contributed by atoms with Gasteiger partial charge in [-0.2, -0.15) is 0 Å². The molecular formula is C23H29N3O4S. The number of thiazole rings is 1. The standard InChI is InChI=1S/C23H29N3O4S/c1-15-9-20(26(11-15)21(27)13-30-19-7-8-29-12-19)23(28)24-10-17-3-5-18(6-4-17)22-16(2)25-14-31-22/h3-6,14-15,19-20H,7-13H2,1-2H3,(H,24,28)/t15-,19+,20+/m1/s1. The van der Waals surface area contributed by atoms with E-state index in [9.17, 15) is 9.59 Å². The molecule has 0 unspecified atom stereocenters. The number of carbonyl (C=O) groups is 2. The monoisotopic (exact) mass is 443 g/mol. The summed E-state index contributed by atoms with van der Waals surface area (Å²) in [5.41, 5.74) is 5.02. The molecule has 0 spiro atoms. The molecule has 0 saturated carbocycles. The second-order valence-electron chi connectivity index (χ2n) is 8.38. The summed E-state index contributed by atoms with van der Waals surface area (Å²) in [5, 5.41) is 3.01. The van der Waals surface area contributed by atoms with Gasteiger partial charge in [-0.1, -0.05) is 31.2 Å². The van der Waals surface area contributed by atoms with E-state index in [1.165, 1.54) is 0 Å². The summed E-state index contributed by atoms with van der Waals surface area (Å²) in [6, 6.07) is 7.71. The number of aromatic nitrogens is 1. The van der Waals surface area contributed by atoms with Crippen molar-refractivity contribution in [3.8, 4) is 10.4 Å². The Bertz CT molecular complexity index is 908. The minimum Gasteiger partial charge on any atom is -0.379 e. The zero-order valence-corrected chi connectivity index (χ0v) is 18.8. The van der Waals surface area contributed by atoms with Crippen molar-refractivity contribution in [3.05, 3.63) is 41.0 Å². The number of hydrogen-bond acceptors (Lipinski definition) is 6. The molecule has 0 radical (unpaired) electrons. The molecule has 1 aromatic heterocycles. The smallest absolute Gasteiger partial charge is 0.249 e. The summed E-state index contributed by atoms with van der Waals surface area (Å²) < 4.78 is 11.0. The molecular weight excluding hydrogens is 414 g/mol. The lowest BCUT2D eigenvalue weighted by molar-refractivity contribution is -0.143. The number of amides is 2. The number of rotatable bonds is 7. The predicted octanol–water partition coefficient (Wildman–Crippen LogP) is 2.78. The number of likely N-dealkylation sites (tertiary alicyclic amines) is 1. The average Bonchev–Trinajstić information content (AvgIpc) is 3.52. The van der Waals surface area contributed by atoms with Crippen molar-refractivity contribution in [1.29, 1.82) is 0 Å². The molecule has 31 heavy (non-hydrogen) atoms. The van der Waals surface area contributed by atoms with Crippen LogP contribution in [0, 0.1) is 12.8 Å². The van der Waals surface area contributed by atoms with Crippen LogP contribution in [0.25, 0.3) is 10.4 Å². The molecule has 1 aromatic carbocycles. The largest absolute Gasteiger partial charge is 0.379 e. The number of benzene rings is 1. The zero-order valence-electron chi connectivity index (χ0n) is 18.0. The number of nitrogens with one attached hydrogen (secondary N) is 1. The SMILES string of the molecule is Cc1ncsc1-c1ccc(CNC(=O)[C@@H]2C[C@@H](C)CN2C(=O)CO[C@H]2CCOC2)cc1. The summed E-state index contributed by atoms with van der Waals surface area (Å²) >= 11 is 1.62. The van der Waals surface area contributed by atoms with Gasteiger partial charge in [-0.05, 0) is 36.8 Å². The van der Waals surface area contributed by atoms with Gasteiger partial charge in [0.15, 0.2) is 0 Å². The van der Waals surface area contributed by atoms with E-state index in [1.807, 2.05) is 24.6 Å². The Balaban J connectivity index is 1.31. The van der Waals surface area contributed by atoms with Gasteiger partial charge in [0, 0.05) is 19.7 Å². The van der Waals surface area contributed by atoms with Gasteiger partial charge >= 0.3 is 0 Å². The van der Waals surface area contributed by atoms with E-state index in [1.54, 1.807) is 16.2 Å². The van der Waals surface area contributed by atoms with Crippen LogP contribution < -0.4 is 5.32 Å². The molecule has 2 aliphatic heterocycles. The summed E-state index contributed by atoms with van der Waals surface area (Å²) in [4.78, 5) is 32.7. The number of aryl methyl sites for hydroxylation is 1. The van der Waals surface area contributed by atoms with Crippen molar-refractivity contribution in [3.63, 3.8) is 0 Å². The molecule has 1 N–H and O–H groups in total. The van der Waals surface area contributed by atoms with Crippen LogP contribution in [0.2, 0.25) is 0 Å². The fourth-order valence-corrected chi connectivity index (χ4v) is 4.96. The van der Waals surface area contributed by atoms with Gasteiger partial charge in [0.2, 0.25) is 11.8 Å². The third-order valence-corrected chi connectivity index (χ3v) is 6.87. The van der Waals surface area contributed by atoms with Crippen LogP contribution >= 0.6 is 11.3 Å². The second kappa shape index (κ2) is 9.89. The van der Waals surface area contributed by atoms with E-state index < -0.39 is 6.04 Å². The maximum absolute atomic E-state index is 12.9. The van der Waals surface area contributed by atoms with E-state index in [-0.39, 0.29) is 30.4 Å². The van der Waals surface area contributed by atoms with Gasteiger partial charge < -0.3 is 19.7 Å². The van der Waals surface area contributed by atoms with Crippen LogP contribution in [0.1, 0.15) is 31.0 Å². The number of hydrogen-bond donors (Lipinski definition) is 1. The van der Waals surface area contributed by atoms with Crippen molar-refractivity contribution >= 4 is 23.2 Å². The van der Waals surface area contributed by atoms with E-state index >= 15 is 0 Å². The van der Waals surface area contributed by atoms with Gasteiger partial charge in [-0.15, -0.1) is 11.3 Å². The highest BCUT2D eigenvalue weighted by atomic mass is 32.1. The van der Waals surface area contributed by atoms with Crippen molar-refractivity contribution < 1.29 is 19.1 Å². The van der Waals surface area contributed by atoms with Crippen molar-refractivity contribution in [2.24, 2.45) is 5.92 Å². The highest BCUT2D eigenvalue weighted by Crippen LogP contribution is 2.27. The lowest BCUT2D eigenvalue weighted by Crippen LogP contribution is -2.47. The van der Waals surface area contributed by atoms with Gasteiger partial charge in [0.25, 0.3) is 0 Å². The van der Waals surface area contributed by atoms with Crippen molar-refractivity contribution in [2.75, 3.05) is 26.4 Å². The molecule has 4 rings (SSSR count). The minimum absolute atomic E-state index is 0.00296. The normalized spacial score (nSPS) is 23.3. The number of carbonyl (C=O) groups excluding carboxylic acids is 2. The summed E-state index contributed by atoms with van der Waals surface area (Å²) in [6.07, 6.45) is 1.47. The van der Waals surface area contributed by atoms with E-state index in [2.05, 4.69) is 29.4 Å². The van der Waals surface area contributed by atoms with Gasteiger partial charge in [0.05, 0.1) is 28.8 Å². The molecule has 8 heteroatoms. The fourth-order valence-electron chi connectivity index (χ4n) is 4.15. The Hall–Kier alpha value is -2.29. The van der Waals surface area contributed by atoms with Crippen LogP contribution in [0.3, 0.4) is 0 Å². The summed E-state index contributed by atoms with van der Waals surface area (Å²) in [5.74, 6) is 0.0569. The molecule has 3 atom stereocenters. The number of nitrogens with zero attached hydrogens (tertiary/aromatic N) is 2. The number of ether oxygens (including phenoxy) is 2. The third-order valence-electron chi connectivity index (χ3n) is 5.89. The second-order valence-corrected chi connectivity index (χ2v) is 9.24. The van der Waals surface area contributed by atoms with Crippen LogP contribution in [0.4, 0.5) is 0 Å². The van der Waals surface area contributed by atoms with Gasteiger partial charge in [0.1, 0.15) is 12.6 Å². The molecule has 166 valence electrons. The Morgan fingerprint density at radius 3 is 2.81 bits per heavy atom. The molecule has 0 aliphatic carbocycles. The third kappa shape index (κ3) is 5.31. The van der Waals surface area contributed by atoms with Gasteiger partial charge in [-0.3, -0.25) is 9.59 Å². The predicted molar refractivity (Wildman–Crippen MR) is 119 cm³/mol. The highest BCUT2D eigenvalue weighted by Gasteiger charge is 2.37. The van der Waals surface area contributed by atoms with Crippen LogP contribution in [0.5, 0.6) is 0 Å². The Kier molecular flexibility index (Phi) is 6.99. The molecule has 7 nitrogen and oxygen atoms in total. The first-order valence-corrected chi connectivity index (χ1v) is 11.6. The molecule has 2 saturated heterocycles. The molecule has 2 aromatic rings. The first-order chi connectivity index (χ1) is 15.0. The van der Waals surface area contributed by atoms with Crippen LogP contribution in [0.15, 0.2) is 29.8 Å². The van der Waals surface area contributed by atoms with Crippen molar-refractivity contribution in [2.45, 2.75) is 45.4 Å². The minimum atomic E-state index is -0.440. The molecule has 0 bridgehead atoms. The Morgan fingerprint density at radius 1 is 1.32 bits per heavy atom. The van der Waals surface area contributed by atoms with E-state index in [0.717, 1.165) is 28.1 Å². The molecule has 2 fully saturated rings. The fraction of sp³-hybridized carbons (Fsp3) is 0.522. The average molecular weight is 444 g/mol. The highest BCUT2D eigenvalue weighted by molar-refractivity contribution is 7.13. The summed E-state index contributed by atoms with van der Waals surface area (Å²) in [6.45, 7) is 6.31. The van der Waals surface area contributed by atoms with E-state index in [0.29, 0.717) is 32.7 Å². The molecule has 2 amide bonds. The lowest BCUT2D eigenvalue weighted by atomic mass is 10.1. The quantitative estimate of drug-likeness (QED) is 0.712. The maximum atomic E-state index is 12.9. The molecule has 3 heterocycles. The lowest BCUT2D eigenvalue weighted by Gasteiger charge is -2.24. The maximum Gasteiger partial charge on any atom is 0.249 e. The van der Waals surface area contributed by atoms with Crippen LogP contribution in [-0.4, -0.2) is 60.2 Å². The first-order valence-electron chi connectivity index (χ1n) is 10.8. The molecule has 2 aliphatic rings. The Morgan fingerprint density at radius 2 is 2.13 bits per heavy atom. The van der Waals surface area contributed by atoms with Gasteiger partial charge in [-0.25, -0.2) is 4.98 Å². The van der Waals surface area contributed by atoms with Crippen molar-refractivity contribution in [1.82, 2.24) is 15.2 Å².